The van der Waals surface area contributed by atoms with E-state index in [0.717, 1.165) is 6.61 Å². The summed E-state index contributed by atoms with van der Waals surface area (Å²) in [6, 6.07) is 1.28. The monoisotopic (exact) mass is 157 g/mol. The van der Waals surface area contributed by atoms with E-state index in [2.05, 4.69) is 32.6 Å². The molecule has 0 aromatic rings. The molecule has 0 bridgehead atoms. The Morgan fingerprint density at radius 1 is 1.36 bits per heavy atom. The molecule has 2 nitrogen and oxygen atoms in total. The minimum Gasteiger partial charge on any atom is -0.363 e. The highest BCUT2D eigenvalue weighted by atomic mass is 16.5. The molecule has 1 heterocycles. The van der Waals surface area contributed by atoms with Gasteiger partial charge >= 0.3 is 0 Å². The average Bonchev–Trinajstić information content (AvgIpc) is 1.85. The molecule has 0 spiro atoms. The summed E-state index contributed by atoms with van der Waals surface area (Å²) < 4.78 is 5.55. The quantitative estimate of drug-likeness (QED) is 0.576. The van der Waals surface area contributed by atoms with Crippen molar-refractivity contribution < 1.29 is 4.74 Å². The van der Waals surface area contributed by atoms with E-state index in [4.69, 9.17) is 4.74 Å². The lowest BCUT2D eigenvalue weighted by Crippen LogP contribution is -2.50. The minimum atomic E-state index is 0.304. The summed E-state index contributed by atoms with van der Waals surface area (Å²) in [4.78, 5) is 2.42. The van der Waals surface area contributed by atoms with Crippen LogP contribution in [0.25, 0.3) is 0 Å². The lowest BCUT2D eigenvalue weighted by Gasteiger charge is -2.41. The molecule has 1 saturated heterocycles. The Bertz CT molecular complexity index is 115. The van der Waals surface area contributed by atoms with Gasteiger partial charge in [0.2, 0.25) is 0 Å². The van der Waals surface area contributed by atoms with Gasteiger partial charge in [0.1, 0.15) is 6.23 Å². The predicted molar refractivity (Wildman–Crippen MR) is 46.5 cm³/mol. The van der Waals surface area contributed by atoms with E-state index in [0.29, 0.717) is 18.3 Å². The van der Waals surface area contributed by atoms with E-state index in [1.54, 1.807) is 0 Å². The van der Waals surface area contributed by atoms with Crippen molar-refractivity contribution in [3.8, 4) is 0 Å². The Balaban J connectivity index is 2.55. The number of rotatable bonds is 1. The second kappa shape index (κ2) is 3.55. The van der Waals surface area contributed by atoms with Crippen molar-refractivity contribution in [3.05, 3.63) is 0 Å². The van der Waals surface area contributed by atoms with Crippen LogP contribution < -0.4 is 0 Å². The maximum Gasteiger partial charge on any atom is 0.108 e. The second-order valence-electron chi connectivity index (χ2n) is 3.65. The van der Waals surface area contributed by atoms with Gasteiger partial charge in [0, 0.05) is 12.1 Å². The standard InChI is InChI=1S/C9H19NO/c1-7(2)10-8(3)5-6-11-9(10)4/h7-9H,5-6H2,1-4H3/t8-,9?/m1/s1. The van der Waals surface area contributed by atoms with Crippen LogP contribution in [0.15, 0.2) is 0 Å². The van der Waals surface area contributed by atoms with Gasteiger partial charge in [0.15, 0.2) is 0 Å². The molecule has 0 amide bonds. The molecule has 0 aliphatic carbocycles. The molecule has 1 rings (SSSR count). The van der Waals surface area contributed by atoms with E-state index >= 15 is 0 Å². The Labute approximate surface area is 69.5 Å². The Morgan fingerprint density at radius 2 is 2.00 bits per heavy atom. The van der Waals surface area contributed by atoms with Gasteiger partial charge in [-0.2, -0.15) is 0 Å². The van der Waals surface area contributed by atoms with E-state index in [1.165, 1.54) is 6.42 Å². The van der Waals surface area contributed by atoms with E-state index in [9.17, 15) is 0 Å². The van der Waals surface area contributed by atoms with Crippen molar-refractivity contribution >= 4 is 0 Å². The third-order valence-electron chi connectivity index (χ3n) is 2.42. The molecule has 1 aliphatic rings. The molecule has 0 aromatic heterocycles. The third kappa shape index (κ3) is 1.94. The van der Waals surface area contributed by atoms with Gasteiger partial charge in [-0.3, -0.25) is 4.90 Å². The van der Waals surface area contributed by atoms with Crippen LogP contribution >= 0.6 is 0 Å². The van der Waals surface area contributed by atoms with Gasteiger partial charge in [0.05, 0.1) is 6.61 Å². The summed E-state index contributed by atoms with van der Waals surface area (Å²) >= 11 is 0. The molecule has 0 radical (unpaired) electrons. The Morgan fingerprint density at radius 3 is 2.36 bits per heavy atom. The summed E-state index contributed by atoms with van der Waals surface area (Å²) in [6.07, 6.45) is 1.47. The minimum absolute atomic E-state index is 0.304. The Hall–Kier alpha value is -0.0800. The maximum atomic E-state index is 5.55. The largest absolute Gasteiger partial charge is 0.363 e. The molecular formula is C9H19NO. The molecule has 1 unspecified atom stereocenters. The first-order valence-corrected chi connectivity index (χ1v) is 4.52. The summed E-state index contributed by atoms with van der Waals surface area (Å²) in [5, 5.41) is 0. The van der Waals surface area contributed by atoms with Crippen LogP contribution in [0.5, 0.6) is 0 Å². The molecule has 2 atom stereocenters. The third-order valence-corrected chi connectivity index (χ3v) is 2.42. The molecule has 11 heavy (non-hydrogen) atoms. The summed E-state index contributed by atoms with van der Waals surface area (Å²) in [7, 11) is 0. The topological polar surface area (TPSA) is 12.5 Å². The molecular weight excluding hydrogens is 138 g/mol. The molecule has 0 aromatic carbocycles. The zero-order valence-electron chi connectivity index (χ0n) is 8.00. The van der Waals surface area contributed by atoms with Crippen LogP contribution in [0, 0.1) is 0 Å². The SMILES string of the molecule is CC(C)N1C(C)OCC[C@H]1C. The highest BCUT2D eigenvalue weighted by Gasteiger charge is 2.26. The van der Waals surface area contributed by atoms with Crippen molar-refractivity contribution in [2.75, 3.05) is 6.61 Å². The fraction of sp³-hybridized carbons (Fsp3) is 1.00. The fourth-order valence-electron chi connectivity index (χ4n) is 1.93. The van der Waals surface area contributed by atoms with Crippen LogP contribution in [0.3, 0.4) is 0 Å². The smallest absolute Gasteiger partial charge is 0.108 e. The van der Waals surface area contributed by atoms with E-state index in [1.807, 2.05) is 0 Å². The van der Waals surface area contributed by atoms with Gasteiger partial charge in [-0.05, 0) is 34.1 Å². The zero-order chi connectivity index (χ0) is 8.43. The van der Waals surface area contributed by atoms with Crippen LogP contribution in [-0.2, 0) is 4.74 Å². The fourth-order valence-corrected chi connectivity index (χ4v) is 1.93. The van der Waals surface area contributed by atoms with Gasteiger partial charge in [-0.1, -0.05) is 0 Å². The van der Waals surface area contributed by atoms with Crippen LogP contribution in [0.1, 0.15) is 34.1 Å². The van der Waals surface area contributed by atoms with Crippen molar-refractivity contribution in [2.45, 2.75) is 52.4 Å². The highest BCUT2D eigenvalue weighted by Crippen LogP contribution is 2.19. The van der Waals surface area contributed by atoms with Crippen LogP contribution in [0.2, 0.25) is 0 Å². The number of nitrogens with zero attached hydrogens (tertiary/aromatic N) is 1. The maximum absolute atomic E-state index is 5.55. The van der Waals surface area contributed by atoms with Gasteiger partial charge in [0.25, 0.3) is 0 Å². The lowest BCUT2D eigenvalue weighted by molar-refractivity contribution is -0.121. The first kappa shape index (κ1) is 9.01. The molecule has 1 aliphatic heterocycles. The van der Waals surface area contributed by atoms with Crippen molar-refractivity contribution in [1.82, 2.24) is 4.90 Å². The predicted octanol–water partition coefficient (Wildman–Crippen LogP) is 1.85. The average molecular weight is 157 g/mol. The number of hydrogen-bond donors (Lipinski definition) is 0. The highest BCUT2D eigenvalue weighted by molar-refractivity contribution is 4.75. The lowest BCUT2D eigenvalue weighted by atomic mass is 10.1. The molecule has 1 fully saturated rings. The summed E-state index contributed by atoms with van der Waals surface area (Å²) in [5.41, 5.74) is 0. The van der Waals surface area contributed by atoms with Crippen LogP contribution in [0.4, 0.5) is 0 Å². The van der Waals surface area contributed by atoms with Crippen LogP contribution in [-0.4, -0.2) is 29.8 Å². The van der Waals surface area contributed by atoms with Crippen molar-refractivity contribution in [2.24, 2.45) is 0 Å². The normalized spacial score (nSPS) is 34.6. The molecule has 0 saturated carbocycles. The van der Waals surface area contributed by atoms with E-state index in [-0.39, 0.29) is 0 Å². The summed E-state index contributed by atoms with van der Waals surface area (Å²) in [5.74, 6) is 0. The van der Waals surface area contributed by atoms with Gasteiger partial charge in [-0.15, -0.1) is 0 Å². The number of hydrogen-bond acceptors (Lipinski definition) is 2. The first-order valence-electron chi connectivity index (χ1n) is 4.52. The van der Waals surface area contributed by atoms with Gasteiger partial charge < -0.3 is 4.74 Å². The van der Waals surface area contributed by atoms with Crippen molar-refractivity contribution in [3.63, 3.8) is 0 Å². The molecule has 2 heteroatoms. The zero-order valence-corrected chi connectivity index (χ0v) is 8.00. The second-order valence-corrected chi connectivity index (χ2v) is 3.65. The van der Waals surface area contributed by atoms with Crippen molar-refractivity contribution in [1.29, 1.82) is 0 Å². The molecule has 66 valence electrons. The van der Waals surface area contributed by atoms with E-state index < -0.39 is 0 Å². The first-order chi connectivity index (χ1) is 5.13. The molecule has 0 N–H and O–H groups in total. The number of ether oxygens (including phenoxy) is 1. The Kier molecular flexibility index (Phi) is 2.90. The summed E-state index contributed by atoms with van der Waals surface area (Å²) in [6.45, 7) is 9.78. The van der Waals surface area contributed by atoms with Gasteiger partial charge in [-0.25, -0.2) is 0 Å².